The largest absolute Gasteiger partial charge is 0.479 e. The van der Waals surface area contributed by atoms with Gasteiger partial charge in [-0.1, -0.05) is 47.1 Å². The number of hydrogen-bond donors (Lipinski definition) is 7. The Balaban J connectivity index is 1.17. The van der Waals surface area contributed by atoms with E-state index in [0.717, 1.165) is 38.5 Å². The van der Waals surface area contributed by atoms with Crippen molar-refractivity contribution in [1.29, 1.82) is 0 Å². The van der Waals surface area contributed by atoms with Crippen LogP contribution in [0.5, 0.6) is 0 Å². The van der Waals surface area contributed by atoms with Crippen LogP contribution in [0, 0.1) is 50.2 Å². The lowest BCUT2D eigenvalue weighted by atomic mass is 9.33. The van der Waals surface area contributed by atoms with Crippen LogP contribution in [-0.4, -0.2) is 134 Å². The SMILES string of the molecule is COC(=O)C1(C)CCC2(C)CCC3(C)C(=CC(=O)C4C5(C)CCC(OC6OC(C(=O)O)C(O)C(O)C6OC6OC(C(=O)O)C(O)C(O)C6O)C(C)(C)C5CCC43C)C2C1. The lowest BCUT2D eigenvalue weighted by Crippen LogP contribution is -2.68. The normalized spacial score (nSPS) is 51.8. The standard InChI is InChI=1S/C43H64O16/c1-38(2)22-9-12-43(7)32(21(44)17-19-20-18-40(4,37(54)55-8)14-13-39(20,3)15-16-42(19,43)6)41(22,5)11-10-23(38)56-36-31(27(48)26(47)30(58-36)34(52)53)59-35-28(49)24(45)25(46)29(57-35)33(50)51/h17,20,22-32,35-36,45-49H,9-16,18H2,1-8H3,(H,50,51)(H,52,53). The summed E-state index contributed by atoms with van der Waals surface area (Å²) in [5, 5.41) is 72.9. The quantitative estimate of drug-likeness (QED) is 0.144. The van der Waals surface area contributed by atoms with Gasteiger partial charge in [-0.3, -0.25) is 9.59 Å². The number of carboxylic acids is 2. The average Bonchev–Trinajstić information content (AvgIpc) is 3.16. The van der Waals surface area contributed by atoms with Crippen LogP contribution in [0.3, 0.4) is 0 Å². The molecule has 0 bridgehead atoms. The number of ether oxygens (including phenoxy) is 5. The predicted octanol–water partition coefficient (Wildman–Crippen LogP) is 2.33. The van der Waals surface area contributed by atoms with Crippen molar-refractivity contribution in [3.63, 3.8) is 0 Å². The van der Waals surface area contributed by atoms with Crippen molar-refractivity contribution in [3.8, 4) is 0 Å². The third kappa shape index (κ3) is 6.56. The zero-order valence-electron chi connectivity index (χ0n) is 35.3. The molecule has 0 aromatic heterocycles. The maximum Gasteiger partial charge on any atom is 0.335 e. The molecule has 0 radical (unpaired) electrons. The number of esters is 1. The number of carbonyl (C=O) groups is 4. The fourth-order valence-electron chi connectivity index (χ4n) is 13.6. The number of methoxy groups -OCH3 is 1. The van der Waals surface area contributed by atoms with Gasteiger partial charge in [-0.25, -0.2) is 9.59 Å². The van der Waals surface area contributed by atoms with Gasteiger partial charge in [-0.15, -0.1) is 0 Å². The van der Waals surface area contributed by atoms with Crippen molar-refractivity contribution < 1.29 is 78.6 Å². The minimum Gasteiger partial charge on any atom is -0.479 e. The Morgan fingerprint density at radius 3 is 1.92 bits per heavy atom. The molecule has 19 unspecified atom stereocenters. The van der Waals surface area contributed by atoms with Crippen molar-refractivity contribution in [2.75, 3.05) is 7.11 Å². The van der Waals surface area contributed by atoms with Crippen LogP contribution in [0.25, 0.3) is 0 Å². The maximum atomic E-state index is 14.9. The number of aliphatic hydroxyl groups is 5. The Bertz CT molecular complexity index is 1750. The van der Waals surface area contributed by atoms with Gasteiger partial charge < -0.3 is 59.4 Å². The zero-order valence-corrected chi connectivity index (χ0v) is 35.3. The number of aliphatic hydroxyl groups excluding tert-OH is 5. The van der Waals surface area contributed by atoms with Gasteiger partial charge in [0.1, 0.15) is 36.6 Å². The van der Waals surface area contributed by atoms with Gasteiger partial charge in [-0.2, -0.15) is 0 Å². The number of fused-ring (bicyclic) bond motifs is 7. The van der Waals surface area contributed by atoms with Gasteiger partial charge in [0.05, 0.1) is 18.6 Å². The van der Waals surface area contributed by atoms with Gasteiger partial charge in [0.25, 0.3) is 0 Å². The van der Waals surface area contributed by atoms with Gasteiger partial charge in [0.2, 0.25) is 0 Å². The summed E-state index contributed by atoms with van der Waals surface area (Å²) in [6.45, 7) is 15.2. The Morgan fingerprint density at radius 1 is 0.712 bits per heavy atom. The molecule has 4 saturated carbocycles. The van der Waals surface area contributed by atoms with Crippen LogP contribution in [0.4, 0.5) is 0 Å². The van der Waals surface area contributed by atoms with Crippen LogP contribution in [0.2, 0.25) is 0 Å². The monoisotopic (exact) mass is 836 g/mol. The molecule has 2 aliphatic heterocycles. The predicted molar refractivity (Wildman–Crippen MR) is 204 cm³/mol. The molecule has 19 atom stereocenters. The summed E-state index contributed by atoms with van der Waals surface area (Å²) in [4.78, 5) is 52.0. The Labute approximate surface area is 344 Å². The van der Waals surface area contributed by atoms with Crippen LogP contribution in [-0.2, 0) is 42.9 Å². The van der Waals surface area contributed by atoms with E-state index in [1.165, 1.54) is 12.7 Å². The van der Waals surface area contributed by atoms with Gasteiger partial charge in [0, 0.05) is 5.92 Å². The first kappa shape index (κ1) is 44.5. The fourth-order valence-corrected chi connectivity index (χ4v) is 13.6. The second-order valence-electron chi connectivity index (χ2n) is 20.8. The summed E-state index contributed by atoms with van der Waals surface area (Å²) >= 11 is 0. The molecule has 59 heavy (non-hydrogen) atoms. The smallest absolute Gasteiger partial charge is 0.335 e. The van der Waals surface area contributed by atoms with Crippen LogP contribution < -0.4 is 0 Å². The summed E-state index contributed by atoms with van der Waals surface area (Å²) in [6.07, 6.45) is -11.6. The third-order valence-electron chi connectivity index (χ3n) is 17.4. The van der Waals surface area contributed by atoms with Gasteiger partial charge >= 0.3 is 17.9 Å². The van der Waals surface area contributed by atoms with Crippen molar-refractivity contribution in [2.24, 2.45) is 50.2 Å². The molecule has 332 valence electrons. The van der Waals surface area contributed by atoms with Crippen molar-refractivity contribution in [1.82, 2.24) is 0 Å². The Morgan fingerprint density at radius 2 is 1.31 bits per heavy atom. The van der Waals surface area contributed by atoms with E-state index < -0.39 is 101 Å². The second-order valence-corrected chi connectivity index (χ2v) is 20.8. The molecule has 0 aromatic rings. The topological polar surface area (TPSA) is 256 Å². The average molecular weight is 837 g/mol. The van der Waals surface area contributed by atoms with E-state index in [1.54, 1.807) is 0 Å². The summed E-state index contributed by atoms with van der Waals surface area (Å²) in [5.41, 5.74) is -1.36. The highest BCUT2D eigenvalue weighted by Gasteiger charge is 2.71. The van der Waals surface area contributed by atoms with E-state index in [1.807, 2.05) is 26.8 Å². The molecule has 7 N–H and O–H groups in total. The fraction of sp³-hybridized carbons (Fsp3) is 0.860. The lowest BCUT2D eigenvalue weighted by molar-refractivity contribution is -0.371. The van der Waals surface area contributed by atoms with Crippen LogP contribution >= 0.6 is 0 Å². The molecule has 7 rings (SSSR count). The molecule has 16 heteroatoms. The summed E-state index contributed by atoms with van der Waals surface area (Å²) < 4.78 is 28.7. The van der Waals surface area contributed by atoms with Gasteiger partial charge in [0.15, 0.2) is 30.6 Å². The van der Waals surface area contributed by atoms with Crippen molar-refractivity contribution >= 4 is 23.7 Å². The number of carbonyl (C=O) groups excluding carboxylic acids is 2. The minimum absolute atomic E-state index is 0.0346. The third-order valence-corrected chi connectivity index (χ3v) is 17.4. The Kier molecular flexibility index (Phi) is 11.2. The highest BCUT2D eigenvalue weighted by molar-refractivity contribution is 5.95. The molecule has 0 spiro atoms. The summed E-state index contributed by atoms with van der Waals surface area (Å²) in [6, 6.07) is 0. The number of allylic oxidation sites excluding steroid dienone is 2. The Hall–Kier alpha value is -2.54. The van der Waals surface area contributed by atoms with E-state index in [0.29, 0.717) is 19.3 Å². The van der Waals surface area contributed by atoms with E-state index in [9.17, 15) is 54.9 Å². The van der Waals surface area contributed by atoms with E-state index in [4.69, 9.17) is 23.7 Å². The zero-order chi connectivity index (χ0) is 43.6. The molecule has 7 aliphatic rings. The van der Waals surface area contributed by atoms with Gasteiger partial charge in [-0.05, 0) is 110 Å². The number of hydrogen-bond acceptors (Lipinski definition) is 14. The van der Waals surface area contributed by atoms with E-state index in [-0.39, 0.29) is 40.3 Å². The number of rotatable bonds is 7. The lowest BCUT2D eigenvalue weighted by Gasteiger charge is -2.70. The molecular weight excluding hydrogens is 772 g/mol. The number of carboxylic acid groups (broad SMARTS) is 2. The maximum absolute atomic E-state index is 14.9. The molecule has 5 aliphatic carbocycles. The van der Waals surface area contributed by atoms with Crippen LogP contribution in [0.15, 0.2) is 11.6 Å². The molecule has 0 amide bonds. The molecule has 6 fully saturated rings. The highest BCUT2D eigenvalue weighted by Crippen LogP contribution is 2.75. The first-order valence-electron chi connectivity index (χ1n) is 21.1. The van der Waals surface area contributed by atoms with Crippen LogP contribution in [0.1, 0.15) is 106 Å². The van der Waals surface area contributed by atoms with Crippen molar-refractivity contribution in [3.05, 3.63) is 11.6 Å². The number of aliphatic carboxylic acids is 2. The highest BCUT2D eigenvalue weighted by atomic mass is 16.8. The van der Waals surface area contributed by atoms with Crippen molar-refractivity contribution in [2.45, 2.75) is 174 Å². The minimum atomic E-state index is -2.04. The molecule has 2 saturated heterocycles. The summed E-state index contributed by atoms with van der Waals surface area (Å²) in [7, 11) is 1.44. The molecule has 0 aromatic carbocycles. The first-order chi connectivity index (χ1) is 27.3. The number of ketones is 1. The second kappa shape index (κ2) is 14.8. The first-order valence-corrected chi connectivity index (χ1v) is 21.1. The molecule has 2 heterocycles. The molecular formula is C43H64O16. The van der Waals surface area contributed by atoms with E-state index in [2.05, 4.69) is 27.7 Å². The van der Waals surface area contributed by atoms with E-state index >= 15 is 0 Å². The molecule has 16 nitrogen and oxygen atoms in total. The summed E-state index contributed by atoms with van der Waals surface area (Å²) in [5.74, 6) is -3.71.